The number of nitro groups is 1. The molecule has 0 bridgehead atoms. The Morgan fingerprint density at radius 3 is 2.76 bits per heavy atom. The molecule has 3 rings (SSSR count). The third-order valence-electron chi connectivity index (χ3n) is 3.63. The summed E-state index contributed by atoms with van der Waals surface area (Å²) in [6.07, 6.45) is 1.30. The summed E-state index contributed by atoms with van der Waals surface area (Å²) >= 11 is 12.0. The molecule has 0 radical (unpaired) electrons. The van der Waals surface area contributed by atoms with E-state index in [0.717, 1.165) is 0 Å². The van der Waals surface area contributed by atoms with Crippen molar-refractivity contribution in [1.29, 1.82) is 0 Å². The molecule has 148 valence electrons. The van der Waals surface area contributed by atoms with Crippen LogP contribution in [0.15, 0.2) is 64.1 Å². The van der Waals surface area contributed by atoms with Gasteiger partial charge in [0.05, 0.1) is 16.2 Å². The van der Waals surface area contributed by atoms with Gasteiger partial charge in [-0.15, -0.1) is 0 Å². The van der Waals surface area contributed by atoms with Gasteiger partial charge < -0.3 is 9.15 Å². The van der Waals surface area contributed by atoms with Crippen LogP contribution in [-0.2, 0) is 4.79 Å². The molecule has 0 saturated heterocycles. The number of amides is 1. The molecule has 0 aliphatic heterocycles. The van der Waals surface area contributed by atoms with Crippen molar-refractivity contribution in [3.05, 3.63) is 80.5 Å². The normalized spacial score (nSPS) is 10.8. The lowest BCUT2D eigenvalue weighted by molar-refractivity contribution is -0.385. The van der Waals surface area contributed by atoms with E-state index in [0.29, 0.717) is 27.1 Å². The quantitative estimate of drug-likeness (QED) is 0.330. The van der Waals surface area contributed by atoms with E-state index in [2.05, 4.69) is 10.5 Å². The molecule has 1 aromatic heterocycles. The van der Waals surface area contributed by atoms with Gasteiger partial charge in [-0.1, -0.05) is 35.3 Å². The molecule has 0 unspecified atom stereocenters. The molecule has 8 nitrogen and oxygen atoms in total. The van der Waals surface area contributed by atoms with Gasteiger partial charge in [0.1, 0.15) is 11.5 Å². The minimum Gasteiger partial charge on any atom is -0.477 e. The number of hydrogen-bond acceptors (Lipinski definition) is 6. The van der Waals surface area contributed by atoms with Crippen LogP contribution in [0.25, 0.3) is 11.3 Å². The first-order chi connectivity index (χ1) is 13.9. The summed E-state index contributed by atoms with van der Waals surface area (Å²) in [6.45, 7) is -0.439. The minimum atomic E-state index is -0.591. The number of rotatable bonds is 7. The first-order valence-electron chi connectivity index (χ1n) is 8.17. The molecule has 0 fully saturated rings. The molecule has 10 heteroatoms. The highest BCUT2D eigenvalue weighted by atomic mass is 35.5. The van der Waals surface area contributed by atoms with Gasteiger partial charge in [-0.3, -0.25) is 14.9 Å². The SMILES string of the molecule is O=C(COc1ccccc1[N+](=O)[O-])NN=Cc1ccc(-c2ccc(Cl)cc2Cl)o1. The molecule has 0 saturated carbocycles. The number of nitro benzene ring substituents is 1. The van der Waals surface area contributed by atoms with Crippen LogP contribution in [0.4, 0.5) is 5.69 Å². The second-order valence-corrected chi connectivity index (χ2v) is 6.48. The molecule has 0 atom stereocenters. The fourth-order valence-electron chi connectivity index (χ4n) is 2.33. The summed E-state index contributed by atoms with van der Waals surface area (Å²) in [7, 11) is 0. The van der Waals surface area contributed by atoms with Crippen molar-refractivity contribution in [2.75, 3.05) is 6.61 Å². The largest absolute Gasteiger partial charge is 0.477 e. The Hall–Kier alpha value is -3.36. The molecular weight excluding hydrogens is 421 g/mol. The number of ether oxygens (including phenoxy) is 1. The van der Waals surface area contributed by atoms with Crippen molar-refractivity contribution < 1.29 is 18.9 Å². The summed E-state index contributed by atoms with van der Waals surface area (Å²) in [5, 5.41) is 15.6. The molecule has 2 aromatic carbocycles. The van der Waals surface area contributed by atoms with Gasteiger partial charge in [0.15, 0.2) is 12.4 Å². The zero-order chi connectivity index (χ0) is 20.8. The first kappa shape index (κ1) is 20.4. The fraction of sp³-hybridized carbons (Fsp3) is 0.0526. The van der Waals surface area contributed by atoms with Crippen molar-refractivity contribution in [2.45, 2.75) is 0 Å². The molecule has 1 heterocycles. The maximum Gasteiger partial charge on any atom is 0.310 e. The fourth-order valence-corrected chi connectivity index (χ4v) is 2.83. The summed E-state index contributed by atoms with van der Waals surface area (Å²) in [4.78, 5) is 22.1. The Morgan fingerprint density at radius 2 is 2.00 bits per heavy atom. The molecule has 3 aromatic rings. The molecule has 0 aliphatic rings. The number of carbonyl (C=O) groups is 1. The predicted molar refractivity (Wildman–Crippen MR) is 108 cm³/mol. The number of furan rings is 1. The number of benzene rings is 2. The number of halogens is 2. The predicted octanol–water partition coefficient (Wildman–Crippen LogP) is 4.69. The number of para-hydroxylation sites is 2. The van der Waals surface area contributed by atoms with E-state index in [1.165, 1.54) is 24.4 Å². The second-order valence-electron chi connectivity index (χ2n) is 5.63. The lowest BCUT2D eigenvalue weighted by Crippen LogP contribution is -2.24. The lowest BCUT2D eigenvalue weighted by atomic mass is 10.2. The highest BCUT2D eigenvalue weighted by Gasteiger charge is 2.14. The van der Waals surface area contributed by atoms with Crippen LogP contribution >= 0.6 is 23.2 Å². The van der Waals surface area contributed by atoms with Crippen LogP contribution in [0.3, 0.4) is 0 Å². The summed E-state index contributed by atoms with van der Waals surface area (Å²) in [5.74, 6) is 0.296. The first-order valence-corrected chi connectivity index (χ1v) is 8.93. The van der Waals surface area contributed by atoms with E-state index < -0.39 is 17.4 Å². The van der Waals surface area contributed by atoms with Crippen LogP contribution in [0, 0.1) is 10.1 Å². The Morgan fingerprint density at radius 1 is 1.21 bits per heavy atom. The summed E-state index contributed by atoms with van der Waals surface area (Å²) in [5.41, 5.74) is 2.69. The van der Waals surface area contributed by atoms with E-state index in [1.807, 2.05) is 0 Å². The van der Waals surface area contributed by atoms with Crippen LogP contribution in [0.5, 0.6) is 5.75 Å². The van der Waals surface area contributed by atoms with Crippen LogP contribution in [0.2, 0.25) is 10.0 Å². The summed E-state index contributed by atoms with van der Waals surface area (Å²) < 4.78 is 10.8. The average molecular weight is 434 g/mol. The van der Waals surface area contributed by atoms with E-state index >= 15 is 0 Å². The van der Waals surface area contributed by atoms with Gasteiger partial charge >= 0.3 is 5.69 Å². The Bertz CT molecular complexity index is 1080. The van der Waals surface area contributed by atoms with Crippen molar-refractivity contribution in [3.63, 3.8) is 0 Å². The summed E-state index contributed by atoms with van der Waals surface area (Å²) in [6, 6.07) is 14.1. The van der Waals surface area contributed by atoms with Gasteiger partial charge in [-0.25, -0.2) is 5.43 Å². The van der Waals surface area contributed by atoms with Crippen molar-refractivity contribution >= 4 is 41.0 Å². The monoisotopic (exact) mass is 433 g/mol. The topological polar surface area (TPSA) is 107 Å². The number of nitrogens with zero attached hydrogens (tertiary/aromatic N) is 2. The highest BCUT2D eigenvalue weighted by Crippen LogP contribution is 2.31. The average Bonchev–Trinajstić information content (AvgIpc) is 3.15. The zero-order valence-corrected chi connectivity index (χ0v) is 16.2. The smallest absolute Gasteiger partial charge is 0.310 e. The molecule has 0 spiro atoms. The number of hydrazone groups is 1. The molecule has 1 N–H and O–H groups in total. The number of hydrogen-bond donors (Lipinski definition) is 1. The third-order valence-corrected chi connectivity index (χ3v) is 4.17. The molecule has 29 heavy (non-hydrogen) atoms. The van der Waals surface area contributed by atoms with E-state index in [4.69, 9.17) is 32.4 Å². The maximum absolute atomic E-state index is 11.8. The highest BCUT2D eigenvalue weighted by molar-refractivity contribution is 6.36. The molecule has 1 amide bonds. The standard InChI is InChI=1S/C19H13Cl2N3O5/c20-12-5-7-14(15(21)9-12)17-8-6-13(29-17)10-22-23-19(25)11-28-18-4-2-1-3-16(18)24(26)27/h1-10H,11H2,(H,23,25). The third kappa shape index (κ3) is 5.34. The van der Waals surface area contributed by atoms with Crippen molar-refractivity contribution in [2.24, 2.45) is 5.10 Å². The van der Waals surface area contributed by atoms with Gasteiger partial charge in [-0.05, 0) is 36.4 Å². The van der Waals surface area contributed by atoms with Crippen LogP contribution in [0.1, 0.15) is 5.76 Å². The maximum atomic E-state index is 11.8. The van der Waals surface area contributed by atoms with Crippen LogP contribution < -0.4 is 10.2 Å². The number of carbonyl (C=O) groups excluding carboxylic acids is 1. The molecule has 0 aliphatic carbocycles. The Kier molecular flexibility index (Phi) is 6.48. The Labute approximate surface area is 174 Å². The van der Waals surface area contributed by atoms with Gasteiger partial charge in [0.2, 0.25) is 0 Å². The lowest BCUT2D eigenvalue weighted by Gasteiger charge is -2.05. The van der Waals surface area contributed by atoms with Crippen molar-refractivity contribution in [1.82, 2.24) is 5.43 Å². The van der Waals surface area contributed by atoms with E-state index in [9.17, 15) is 14.9 Å². The number of nitrogens with one attached hydrogen (secondary N) is 1. The Balaban J connectivity index is 1.56. The van der Waals surface area contributed by atoms with Crippen LogP contribution in [-0.4, -0.2) is 23.7 Å². The van der Waals surface area contributed by atoms with E-state index in [1.54, 1.807) is 36.4 Å². The van der Waals surface area contributed by atoms with Crippen molar-refractivity contribution in [3.8, 4) is 17.1 Å². The molecular formula is C19H13Cl2N3O5. The van der Waals surface area contributed by atoms with Gasteiger partial charge in [0, 0.05) is 16.7 Å². The minimum absolute atomic E-state index is 0.00727. The van der Waals surface area contributed by atoms with E-state index in [-0.39, 0.29) is 11.4 Å². The zero-order valence-electron chi connectivity index (χ0n) is 14.7. The van der Waals surface area contributed by atoms with Gasteiger partial charge in [-0.2, -0.15) is 5.10 Å². The second kappa shape index (κ2) is 9.22. The van der Waals surface area contributed by atoms with Gasteiger partial charge in [0.25, 0.3) is 5.91 Å².